The quantitative estimate of drug-likeness (QED) is 0.670. The van der Waals surface area contributed by atoms with Crippen molar-refractivity contribution in [1.82, 2.24) is 5.43 Å². The Morgan fingerprint density at radius 1 is 1.06 bits per heavy atom. The molecule has 0 heterocycles. The van der Waals surface area contributed by atoms with Gasteiger partial charge in [-0.15, -0.1) is 0 Å². The van der Waals surface area contributed by atoms with Crippen LogP contribution in [-0.4, -0.2) is 0 Å². The number of rotatable bonds is 4. The first kappa shape index (κ1) is 13.3. The van der Waals surface area contributed by atoms with Crippen LogP contribution < -0.4 is 11.3 Å². The van der Waals surface area contributed by atoms with Crippen LogP contribution in [0.3, 0.4) is 0 Å². The second kappa shape index (κ2) is 6.14. The first-order chi connectivity index (χ1) is 8.69. The summed E-state index contributed by atoms with van der Waals surface area (Å²) in [5.41, 5.74) is 6.64. The molecule has 2 aromatic carbocycles. The zero-order valence-electron chi connectivity index (χ0n) is 10.4. The van der Waals surface area contributed by atoms with Crippen LogP contribution in [0.25, 0.3) is 0 Å². The maximum atomic E-state index is 5.66. The van der Waals surface area contributed by atoms with Gasteiger partial charge in [-0.05, 0) is 36.6 Å². The molecule has 0 aliphatic rings. The largest absolute Gasteiger partial charge is 0.271 e. The fraction of sp³-hybridized carbons (Fsp3) is 0.200. The van der Waals surface area contributed by atoms with E-state index in [9.17, 15) is 0 Å². The van der Waals surface area contributed by atoms with E-state index in [0.717, 1.165) is 10.9 Å². The SMILES string of the molecule is Cc1ccc(CC(NN)c2ccc(Br)cc2)cc1. The number of nitrogens with one attached hydrogen (secondary N) is 1. The predicted molar refractivity (Wildman–Crippen MR) is 79.1 cm³/mol. The number of halogens is 1. The van der Waals surface area contributed by atoms with Crippen LogP contribution in [0.2, 0.25) is 0 Å². The smallest absolute Gasteiger partial charge is 0.0500 e. The second-order valence-corrected chi connectivity index (χ2v) is 5.38. The molecule has 0 bridgehead atoms. The maximum Gasteiger partial charge on any atom is 0.0500 e. The lowest BCUT2D eigenvalue weighted by Gasteiger charge is -2.16. The zero-order chi connectivity index (χ0) is 13.0. The van der Waals surface area contributed by atoms with Crippen LogP contribution >= 0.6 is 15.9 Å². The Hall–Kier alpha value is -1.16. The molecule has 1 unspecified atom stereocenters. The highest BCUT2D eigenvalue weighted by Crippen LogP contribution is 2.20. The molecule has 0 aromatic heterocycles. The van der Waals surface area contributed by atoms with Gasteiger partial charge in [0.1, 0.15) is 0 Å². The van der Waals surface area contributed by atoms with Crippen LogP contribution in [0.5, 0.6) is 0 Å². The average Bonchev–Trinajstić information content (AvgIpc) is 2.39. The van der Waals surface area contributed by atoms with Gasteiger partial charge >= 0.3 is 0 Å². The van der Waals surface area contributed by atoms with Gasteiger partial charge in [0.2, 0.25) is 0 Å². The van der Waals surface area contributed by atoms with Gasteiger partial charge in [0.25, 0.3) is 0 Å². The Morgan fingerprint density at radius 3 is 2.22 bits per heavy atom. The van der Waals surface area contributed by atoms with E-state index in [1.54, 1.807) is 0 Å². The molecule has 3 N–H and O–H groups in total. The third kappa shape index (κ3) is 3.42. The summed E-state index contributed by atoms with van der Waals surface area (Å²) in [7, 11) is 0. The molecule has 94 valence electrons. The number of benzene rings is 2. The van der Waals surface area contributed by atoms with Crippen molar-refractivity contribution in [2.75, 3.05) is 0 Å². The first-order valence-electron chi connectivity index (χ1n) is 5.96. The first-order valence-corrected chi connectivity index (χ1v) is 6.75. The molecule has 18 heavy (non-hydrogen) atoms. The minimum absolute atomic E-state index is 0.140. The van der Waals surface area contributed by atoms with E-state index in [2.05, 4.69) is 64.7 Å². The molecule has 0 saturated heterocycles. The topological polar surface area (TPSA) is 38.0 Å². The Balaban J connectivity index is 2.14. The van der Waals surface area contributed by atoms with Crippen molar-refractivity contribution in [3.63, 3.8) is 0 Å². The zero-order valence-corrected chi connectivity index (χ0v) is 11.9. The standard InChI is InChI=1S/C15H17BrN2/c1-11-2-4-12(5-3-11)10-15(18-17)13-6-8-14(16)9-7-13/h2-9,15,18H,10,17H2,1H3. The third-order valence-electron chi connectivity index (χ3n) is 3.03. The fourth-order valence-electron chi connectivity index (χ4n) is 1.93. The molecule has 0 saturated carbocycles. The molecule has 3 heteroatoms. The normalized spacial score (nSPS) is 12.4. The molecule has 0 fully saturated rings. The molecule has 2 nitrogen and oxygen atoms in total. The van der Waals surface area contributed by atoms with E-state index < -0.39 is 0 Å². The summed E-state index contributed by atoms with van der Waals surface area (Å²) >= 11 is 3.44. The van der Waals surface area contributed by atoms with Gasteiger partial charge in [-0.2, -0.15) is 0 Å². The lowest BCUT2D eigenvalue weighted by Crippen LogP contribution is -2.29. The second-order valence-electron chi connectivity index (χ2n) is 4.46. The predicted octanol–water partition coefficient (Wildman–Crippen LogP) is 3.50. The van der Waals surface area contributed by atoms with Crippen LogP contribution in [-0.2, 0) is 6.42 Å². The molecule has 0 amide bonds. The summed E-state index contributed by atoms with van der Waals surface area (Å²) < 4.78 is 1.08. The van der Waals surface area contributed by atoms with Gasteiger partial charge in [0.15, 0.2) is 0 Å². The van der Waals surface area contributed by atoms with Crippen LogP contribution in [0, 0.1) is 6.92 Å². The maximum absolute atomic E-state index is 5.66. The number of nitrogens with two attached hydrogens (primary N) is 1. The molecule has 0 radical (unpaired) electrons. The molecule has 0 aliphatic heterocycles. The summed E-state index contributed by atoms with van der Waals surface area (Å²) in [4.78, 5) is 0. The molecule has 2 rings (SSSR count). The third-order valence-corrected chi connectivity index (χ3v) is 3.56. The number of hydrogen-bond acceptors (Lipinski definition) is 2. The van der Waals surface area contributed by atoms with Gasteiger partial charge in [-0.1, -0.05) is 57.9 Å². The van der Waals surface area contributed by atoms with Crippen molar-refractivity contribution in [2.24, 2.45) is 5.84 Å². The Labute approximate surface area is 116 Å². The van der Waals surface area contributed by atoms with E-state index in [4.69, 9.17) is 5.84 Å². The monoisotopic (exact) mass is 304 g/mol. The van der Waals surface area contributed by atoms with Gasteiger partial charge in [-0.25, -0.2) is 0 Å². The Morgan fingerprint density at radius 2 is 1.67 bits per heavy atom. The lowest BCUT2D eigenvalue weighted by molar-refractivity contribution is 0.552. The summed E-state index contributed by atoms with van der Waals surface area (Å²) in [6, 6.07) is 16.9. The van der Waals surface area contributed by atoms with Crippen molar-refractivity contribution >= 4 is 15.9 Å². The number of aryl methyl sites for hydroxylation is 1. The summed E-state index contributed by atoms with van der Waals surface area (Å²) in [5.74, 6) is 5.66. The Bertz CT molecular complexity index is 491. The van der Waals surface area contributed by atoms with Crippen LogP contribution in [0.1, 0.15) is 22.7 Å². The fourth-order valence-corrected chi connectivity index (χ4v) is 2.19. The molecule has 0 aliphatic carbocycles. The van der Waals surface area contributed by atoms with Crippen molar-refractivity contribution in [3.8, 4) is 0 Å². The summed E-state index contributed by atoms with van der Waals surface area (Å²) in [6.45, 7) is 2.09. The molecular weight excluding hydrogens is 288 g/mol. The summed E-state index contributed by atoms with van der Waals surface area (Å²) in [6.07, 6.45) is 0.887. The molecule has 1 atom stereocenters. The van der Waals surface area contributed by atoms with Gasteiger partial charge in [-0.3, -0.25) is 11.3 Å². The number of hydrogen-bond donors (Lipinski definition) is 2. The highest BCUT2D eigenvalue weighted by molar-refractivity contribution is 9.10. The van der Waals surface area contributed by atoms with E-state index in [1.807, 2.05) is 12.1 Å². The van der Waals surface area contributed by atoms with Gasteiger partial charge < -0.3 is 0 Å². The minimum atomic E-state index is 0.140. The van der Waals surface area contributed by atoms with Crippen molar-refractivity contribution in [2.45, 2.75) is 19.4 Å². The Kier molecular flexibility index (Phi) is 4.53. The molecule has 0 spiro atoms. The highest BCUT2D eigenvalue weighted by Gasteiger charge is 2.10. The van der Waals surface area contributed by atoms with Crippen molar-refractivity contribution in [3.05, 3.63) is 69.7 Å². The molecular formula is C15H17BrN2. The minimum Gasteiger partial charge on any atom is -0.271 e. The average molecular weight is 305 g/mol. The molecule has 2 aromatic rings. The van der Waals surface area contributed by atoms with Crippen molar-refractivity contribution in [1.29, 1.82) is 0 Å². The number of hydrazine groups is 1. The van der Waals surface area contributed by atoms with Crippen LogP contribution in [0.15, 0.2) is 53.0 Å². The lowest BCUT2D eigenvalue weighted by atomic mass is 9.99. The summed E-state index contributed by atoms with van der Waals surface area (Å²) in [5, 5.41) is 0. The van der Waals surface area contributed by atoms with Crippen molar-refractivity contribution < 1.29 is 0 Å². The van der Waals surface area contributed by atoms with E-state index in [0.29, 0.717) is 0 Å². The van der Waals surface area contributed by atoms with Gasteiger partial charge in [0, 0.05) is 10.5 Å². The van der Waals surface area contributed by atoms with E-state index >= 15 is 0 Å². The highest BCUT2D eigenvalue weighted by atomic mass is 79.9. The van der Waals surface area contributed by atoms with E-state index in [-0.39, 0.29) is 6.04 Å². The van der Waals surface area contributed by atoms with Crippen LogP contribution in [0.4, 0.5) is 0 Å². The van der Waals surface area contributed by atoms with E-state index in [1.165, 1.54) is 16.7 Å². The van der Waals surface area contributed by atoms with Gasteiger partial charge in [0.05, 0.1) is 0 Å².